The topological polar surface area (TPSA) is 41.5 Å². The number of carbonyl (C=O) groups is 1. The Morgan fingerprint density at radius 1 is 1.25 bits per heavy atom. The molecule has 0 heterocycles. The average Bonchev–Trinajstić information content (AvgIpc) is 2.28. The van der Waals surface area contributed by atoms with E-state index in [4.69, 9.17) is 0 Å². The van der Waals surface area contributed by atoms with E-state index >= 15 is 0 Å². The van der Waals surface area contributed by atoms with Crippen LogP contribution in [-0.4, -0.2) is 11.6 Å². The van der Waals surface area contributed by atoms with Gasteiger partial charge in [0.1, 0.15) is 0 Å². The Hall–Kier alpha value is -0.860. The summed E-state index contributed by atoms with van der Waals surface area (Å²) in [5.41, 5.74) is 3.65. The number of hydrazone groups is 1. The van der Waals surface area contributed by atoms with Crippen molar-refractivity contribution in [3.63, 3.8) is 0 Å². The third-order valence-corrected chi connectivity index (χ3v) is 2.05. The molecule has 0 radical (unpaired) electrons. The lowest BCUT2D eigenvalue weighted by molar-refractivity contribution is -0.118. The standard InChI is InChI=1S/C9H16N2O/c1-8(12)10-11-9-6-4-2-3-5-7-9/h2-7H2,1H3,(H,10,12). The lowest BCUT2D eigenvalue weighted by Crippen LogP contribution is -2.15. The van der Waals surface area contributed by atoms with Crippen LogP contribution >= 0.6 is 0 Å². The molecule has 0 atom stereocenters. The van der Waals surface area contributed by atoms with E-state index in [1.54, 1.807) is 0 Å². The Labute approximate surface area is 73.2 Å². The minimum absolute atomic E-state index is 0.0771. The zero-order valence-electron chi connectivity index (χ0n) is 7.60. The molecule has 1 aliphatic carbocycles. The molecule has 0 saturated heterocycles. The first-order valence-electron chi connectivity index (χ1n) is 4.61. The largest absolute Gasteiger partial charge is 0.274 e. The number of amides is 1. The monoisotopic (exact) mass is 168 g/mol. The molecule has 0 unspecified atom stereocenters. The van der Waals surface area contributed by atoms with Crippen LogP contribution in [0.25, 0.3) is 0 Å². The van der Waals surface area contributed by atoms with Gasteiger partial charge in [-0.15, -0.1) is 0 Å². The van der Waals surface area contributed by atoms with Crippen LogP contribution in [0, 0.1) is 0 Å². The van der Waals surface area contributed by atoms with Gasteiger partial charge in [0.2, 0.25) is 5.91 Å². The van der Waals surface area contributed by atoms with Crippen molar-refractivity contribution in [2.24, 2.45) is 5.10 Å². The Kier molecular flexibility index (Phi) is 3.77. The maximum atomic E-state index is 10.6. The van der Waals surface area contributed by atoms with Crippen molar-refractivity contribution in [3.05, 3.63) is 0 Å². The predicted octanol–water partition coefficient (Wildman–Crippen LogP) is 1.83. The van der Waals surface area contributed by atoms with Crippen molar-refractivity contribution in [1.29, 1.82) is 0 Å². The second kappa shape index (κ2) is 4.91. The van der Waals surface area contributed by atoms with Gasteiger partial charge in [-0.05, 0) is 25.7 Å². The quantitative estimate of drug-likeness (QED) is 0.471. The lowest BCUT2D eigenvalue weighted by Gasteiger charge is -2.00. The van der Waals surface area contributed by atoms with Gasteiger partial charge in [-0.2, -0.15) is 5.10 Å². The fourth-order valence-electron chi connectivity index (χ4n) is 1.41. The summed E-state index contributed by atoms with van der Waals surface area (Å²) in [4.78, 5) is 10.6. The summed E-state index contributed by atoms with van der Waals surface area (Å²) in [5, 5.41) is 4.06. The van der Waals surface area contributed by atoms with Crippen molar-refractivity contribution in [3.8, 4) is 0 Å². The minimum Gasteiger partial charge on any atom is -0.274 e. The highest BCUT2D eigenvalue weighted by Gasteiger charge is 2.05. The molecule has 1 saturated carbocycles. The second-order valence-corrected chi connectivity index (χ2v) is 3.26. The van der Waals surface area contributed by atoms with E-state index in [2.05, 4.69) is 10.5 Å². The van der Waals surface area contributed by atoms with E-state index in [9.17, 15) is 4.79 Å². The van der Waals surface area contributed by atoms with Crippen molar-refractivity contribution in [2.45, 2.75) is 45.4 Å². The fraction of sp³-hybridized carbons (Fsp3) is 0.778. The van der Waals surface area contributed by atoms with Gasteiger partial charge in [0.05, 0.1) is 0 Å². The summed E-state index contributed by atoms with van der Waals surface area (Å²) in [6, 6.07) is 0. The smallest absolute Gasteiger partial charge is 0.236 e. The molecule has 12 heavy (non-hydrogen) atoms. The van der Waals surface area contributed by atoms with Crippen molar-refractivity contribution < 1.29 is 4.79 Å². The van der Waals surface area contributed by atoms with Crippen LogP contribution in [0.3, 0.4) is 0 Å². The summed E-state index contributed by atoms with van der Waals surface area (Å²) in [6.07, 6.45) is 7.16. The molecule has 1 rings (SSSR count). The molecule has 0 bridgehead atoms. The zero-order valence-corrected chi connectivity index (χ0v) is 7.60. The van der Waals surface area contributed by atoms with Crippen molar-refractivity contribution >= 4 is 11.6 Å². The summed E-state index contributed by atoms with van der Waals surface area (Å²) in [7, 11) is 0. The van der Waals surface area contributed by atoms with Crippen molar-refractivity contribution in [1.82, 2.24) is 5.43 Å². The molecule has 0 aliphatic heterocycles. The highest BCUT2D eigenvalue weighted by Crippen LogP contribution is 2.14. The first kappa shape index (κ1) is 9.23. The van der Waals surface area contributed by atoms with E-state index in [0.717, 1.165) is 18.6 Å². The molecule has 0 aromatic heterocycles. The molecule has 0 spiro atoms. The van der Waals surface area contributed by atoms with Gasteiger partial charge in [-0.1, -0.05) is 12.8 Å². The summed E-state index contributed by atoms with van der Waals surface area (Å²) >= 11 is 0. The number of hydrogen-bond donors (Lipinski definition) is 1. The molecular weight excluding hydrogens is 152 g/mol. The molecule has 0 aromatic rings. The molecule has 1 N–H and O–H groups in total. The van der Waals surface area contributed by atoms with E-state index in [0.29, 0.717) is 0 Å². The number of hydrogen-bond acceptors (Lipinski definition) is 2. The Morgan fingerprint density at radius 3 is 2.33 bits per heavy atom. The van der Waals surface area contributed by atoms with E-state index in [1.165, 1.54) is 32.6 Å². The Morgan fingerprint density at radius 2 is 1.83 bits per heavy atom. The van der Waals surface area contributed by atoms with Gasteiger partial charge in [-0.3, -0.25) is 4.79 Å². The van der Waals surface area contributed by atoms with Gasteiger partial charge < -0.3 is 0 Å². The van der Waals surface area contributed by atoms with Crippen LogP contribution in [0.1, 0.15) is 45.4 Å². The third kappa shape index (κ3) is 3.51. The number of nitrogens with one attached hydrogen (secondary N) is 1. The van der Waals surface area contributed by atoms with E-state index < -0.39 is 0 Å². The van der Waals surface area contributed by atoms with Gasteiger partial charge in [0.25, 0.3) is 0 Å². The normalized spacial score (nSPS) is 18.2. The summed E-state index contributed by atoms with van der Waals surface area (Å²) < 4.78 is 0. The van der Waals surface area contributed by atoms with Crippen LogP contribution in [0.5, 0.6) is 0 Å². The molecule has 3 heteroatoms. The summed E-state index contributed by atoms with van der Waals surface area (Å²) in [5.74, 6) is -0.0771. The lowest BCUT2D eigenvalue weighted by atomic mass is 10.2. The predicted molar refractivity (Wildman–Crippen MR) is 49.0 cm³/mol. The van der Waals surface area contributed by atoms with Gasteiger partial charge >= 0.3 is 0 Å². The zero-order chi connectivity index (χ0) is 8.81. The van der Waals surface area contributed by atoms with E-state index in [1.807, 2.05) is 0 Å². The minimum atomic E-state index is -0.0771. The first-order valence-corrected chi connectivity index (χ1v) is 4.61. The van der Waals surface area contributed by atoms with Gasteiger partial charge in [-0.25, -0.2) is 5.43 Å². The second-order valence-electron chi connectivity index (χ2n) is 3.26. The average molecular weight is 168 g/mol. The van der Waals surface area contributed by atoms with Crippen LogP contribution in [0.2, 0.25) is 0 Å². The molecule has 1 fully saturated rings. The number of rotatable bonds is 1. The van der Waals surface area contributed by atoms with Crippen LogP contribution in [-0.2, 0) is 4.79 Å². The molecular formula is C9H16N2O. The molecule has 0 aromatic carbocycles. The van der Waals surface area contributed by atoms with Crippen molar-refractivity contribution in [2.75, 3.05) is 0 Å². The molecule has 3 nitrogen and oxygen atoms in total. The number of nitrogens with zero attached hydrogens (tertiary/aromatic N) is 1. The fourth-order valence-corrected chi connectivity index (χ4v) is 1.41. The van der Waals surface area contributed by atoms with Crippen LogP contribution in [0.15, 0.2) is 5.10 Å². The highest BCUT2D eigenvalue weighted by molar-refractivity contribution is 5.86. The molecule has 68 valence electrons. The Bertz CT molecular complexity index is 177. The van der Waals surface area contributed by atoms with Gasteiger partial charge in [0.15, 0.2) is 0 Å². The third-order valence-electron chi connectivity index (χ3n) is 2.05. The van der Waals surface area contributed by atoms with E-state index in [-0.39, 0.29) is 5.91 Å². The Balaban J connectivity index is 2.37. The van der Waals surface area contributed by atoms with Gasteiger partial charge in [0, 0.05) is 12.6 Å². The van der Waals surface area contributed by atoms with Crippen LogP contribution in [0.4, 0.5) is 0 Å². The highest BCUT2D eigenvalue weighted by atomic mass is 16.2. The van der Waals surface area contributed by atoms with Crippen LogP contribution < -0.4 is 5.43 Å². The molecule has 1 amide bonds. The SMILES string of the molecule is CC(=O)NN=C1CCCCCC1. The first-order chi connectivity index (χ1) is 5.79. The maximum absolute atomic E-state index is 10.6. The summed E-state index contributed by atoms with van der Waals surface area (Å²) in [6.45, 7) is 1.49. The molecule has 1 aliphatic rings. The number of carbonyl (C=O) groups excluding carboxylic acids is 1. The maximum Gasteiger partial charge on any atom is 0.236 e.